The first kappa shape index (κ1) is 15.0. The summed E-state index contributed by atoms with van der Waals surface area (Å²) in [6.45, 7) is 0. The van der Waals surface area contributed by atoms with E-state index in [0.717, 1.165) is 0 Å². The molecule has 0 spiro atoms. The maximum Gasteiger partial charge on any atom is 0.299 e. The third kappa shape index (κ3) is 2.29. The molecule has 0 aromatic carbocycles. The van der Waals surface area contributed by atoms with Crippen LogP contribution < -0.4 is 11.5 Å². The van der Waals surface area contributed by atoms with E-state index in [1.165, 1.54) is 0 Å². The van der Waals surface area contributed by atoms with Crippen molar-refractivity contribution in [1.29, 1.82) is 0 Å². The average molecular weight is 293 g/mol. The third-order valence-corrected chi connectivity index (χ3v) is 4.02. The van der Waals surface area contributed by atoms with Gasteiger partial charge < -0.3 is 11.5 Å². The summed E-state index contributed by atoms with van der Waals surface area (Å²) in [6.07, 6.45) is -2.02. The first-order valence-electron chi connectivity index (χ1n) is 4.95. The second-order valence-electron chi connectivity index (χ2n) is 3.89. The van der Waals surface area contributed by atoms with Crippen molar-refractivity contribution in [3.8, 4) is 0 Å². The highest BCUT2D eigenvalue weighted by molar-refractivity contribution is 7.88. The average Bonchev–Trinajstić information content (AvgIpc) is 2.53. The van der Waals surface area contributed by atoms with Crippen LogP contribution in [0.4, 0.5) is 0 Å². The van der Waals surface area contributed by atoms with E-state index in [0.29, 0.717) is 0 Å². The van der Waals surface area contributed by atoms with Gasteiger partial charge in [-0.2, -0.15) is 8.42 Å². The standard InChI is InChI=1S/C8H11N3O7S/c9-4(12)3-8(7(10)15,19(16,17)18)11-5(13)1-2-6(11)14/h1-3H2,(H2,9,12)(H2,10,15)(H,16,17,18). The van der Waals surface area contributed by atoms with Crippen LogP contribution in [0, 0.1) is 0 Å². The SMILES string of the molecule is NC(=O)CC(C(N)=O)(N1C(=O)CCC1=O)S(=O)(=O)O. The zero-order valence-corrected chi connectivity index (χ0v) is 10.3. The fourth-order valence-electron chi connectivity index (χ4n) is 1.83. The lowest BCUT2D eigenvalue weighted by molar-refractivity contribution is -0.149. The first-order valence-corrected chi connectivity index (χ1v) is 6.39. The van der Waals surface area contributed by atoms with Crippen molar-refractivity contribution in [1.82, 2.24) is 4.90 Å². The molecule has 1 saturated heterocycles. The van der Waals surface area contributed by atoms with E-state index in [9.17, 15) is 27.6 Å². The van der Waals surface area contributed by atoms with Gasteiger partial charge in [-0.25, -0.2) is 0 Å². The summed E-state index contributed by atoms with van der Waals surface area (Å²) < 4.78 is 32.0. The van der Waals surface area contributed by atoms with Gasteiger partial charge in [0.15, 0.2) is 0 Å². The molecule has 1 rings (SSSR count). The normalized spacial score (nSPS) is 19.3. The van der Waals surface area contributed by atoms with Crippen molar-refractivity contribution in [2.24, 2.45) is 11.5 Å². The van der Waals surface area contributed by atoms with E-state index in [1.807, 2.05) is 0 Å². The van der Waals surface area contributed by atoms with Gasteiger partial charge in [-0.3, -0.25) is 28.6 Å². The minimum atomic E-state index is -5.36. The van der Waals surface area contributed by atoms with Gasteiger partial charge in [0, 0.05) is 12.8 Å². The Kier molecular flexibility index (Phi) is 3.63. The van der Waals surface area contributed by atoms with Crippen molar-refractivity contribution in [2.45, 2.75) is 24.1 Å². The molecule has 1 aliphatic rings. The Balaban J connectivity index is 3.57. The van der Waals surface area contributed by atoms with E-state index in [1.54, 1.807) is 0 Å². The molecule has 0 radical (unpaired) electrons. The number of nitrogens with zero attached hydrogens (tertiary/aromatic N) is 1. The molecular weight excluding hydrogens is 282 g/mol. The molecule has 0 aromatic rings. The second kappa shape index (κ2) is 4.59. The van der Waals surface area contributed by atoms with E-state index in [2.05, 4.69) is 0 Å². The van der Waals surface area contributed by atoms with Crippen molar-refractivity contribution >= 4 is 33.7 Å². The Morgan fingerprint density at radius 3 is 1.89 bits per heavy atom. The predicted octanol–water partition coefficient (Wildman–Crippen LogP) is -2.92. The van der Waals surface area contributed by atoms with Crippen LogP contribution in [0.3, 0.4) is 0 Å². The van der Waals surface area contributed by atoms with Gasteiger partial charge >= 0.3 is 0 Å². The van der Waals surface area contributed by atoms with Gasteiger partial charge in [0.05, 0.1) is 6.42 Å². The molecule has 4 amide bonds. The Hall–Kier alpha value is -2.01. The smallest absolute Gasteiger partial charge is 0.299 e. The Morgan fingerprint density at radius 2 is 1.63 bits per heavy atom. The van der Waals surface area contributed by atoms with Crippen LogP contribution in [0.15, 0.2) is 0 Å². The number of carbonyl (C=O) groups is 4. The van der Waals surface area contributed by atoms with Gasteiger partial charge in [-0.05, 0) is 0 Å². The van der Waals surface area contributed by atoms with Gasteiger partial charge in [-0.1, -0.05) is 0 Å². The molecule has 1 aliphatic heterocycles. The summed E-state index contributed by atoms with van der Waals surface area (Å²) in [4.78, 5) is 42.2. The third-order valence-electron chi connectivity index (χ3n) is 2.64. The van der Waals surface area contributed by atoms with Crippen LogP contribution in [-0.2, 0) is 29.3 Å². The minimum Gasteiger partial charge on any atom is -0.370 e. The summed E-state index contributed by atoms with van der Waals surface area (Å²) in [5.74, 6) is -5.15. The monoisotopic (exact) mass is 293 g/mol. The summed E-state index contributed by atoms with van der Waals surface area (Å²) in [5.41, 5.74) is 9.68. The zero-order valence-electron chi connectivity index (χ0n) is 9.53. The topological polar surface area (TPSA) is 178 Å². The van der Waals surface area contributed by atoms with Crippen molar-refractivity contribution < 1.29 is 32.1 Å². The molecule has 106 valence electrons. The maximum atomic E-state index is 11.5. The van der Waals surface area contributed by atoms with Crippen molar-refractivity contribution in [3.05, 3.63) is 0 Å². The van der Waals surface area contributed by atoms with Crippen LogP contribution in [0.5, 0.6) is 0 Å². The van der Waals surface area contributed by atoms with Gasteiger partial charge in [0.2, 0.25) is 17.7 Å². The highest BCUT2D eigenvalue weighted by atomic mass is 32.2. The van der Waals surface area contributed by atoms with Gasteiger partial charge in [0.1, 0.15) is 0 Å². The zero-order chi connectivity index (χ0) is 15.0. The number of nitrogens with two attached hydrogens (primary N) is 2. The number of rotatable bonds is 5. The van der Waals surface area contributed by atoms with Crippen LogP contribution >= 0.6 is 0 Å². The molecule has 1 unspecified atom stereocenters. The molecule has 1 atom stereocenters. The van der Waals surface area contributed by atoms with E-state index in [4.69, 9.17) is 16.0 Å². The number of hydrogen-bond donors (Lipinski definition) is 3. The fourth-order valence-corrected chi connectivity index (χ4v) is 2.84. The molecule has 0 saturated carbocycles. The predicted molar refractivity (Wildman–Crippen MR) is 58.4 cm³/mol. The summed E-state index contributed by atoms with van der Waals surface area (Å²) in [5, 5.41) is 0. The lowest BCUT2D eigenvalue weighted by atomic mass is 10.1. The number of likely N-dealkylation sites (tertiary alicyclic amines) is 1. The first-order chi connectivity index (χ1) is 8.54. The van der Waals surface area contributed by atoms with E-state index >= 15 is 0 Å². The fraction of sp³-hybridized carbons (Fsp3) is 0.500. The minimum absolute atomic E-state index is 0.00454. The van der Waals surface area contributed by atoms with E-state index < -0.39 is 45.0 Å². The molecule has 11 heteroatoms. The number of hydrogen-bond acceptors (Lipinski definition) is 6. The second-order valence-corrected chi connectivity index (χ2v) is 5.52. The van der Waals surface area contributed by atoms with Crippen molar-refractivity contribution in [3.63, 3.8) is 0 Å². The van der Waals surface area contributed by atoms with Crippen LogP contribution in [0.25, 0.3) is 0 Å². The molecule has 0 aliphatic carbocycles. The largest absolute Gasteiger partial charge is 0.370 e. The van der Waals surface area contributed by atoms with E-state index in [-0.39, 0.29) is 17.7 Å². The molecule has 1 heterocycles. The Bertz CT molecular complexity index is 553. The molecule has 19 heavy (non-hydrogen) atoms. The molecule has 0 bridgehead atoms. The summed E-state index contributed by atoms with van der Waals surface area (Å²) in [7, 11) is -5.36. The number of imide groups is 1. The number of carbonyl (C=O) groups excluding carboxylic acids is 4. The van der Waals surface area contributed by atoms with Gasteiger partial charge in [0.25, 0.3) is 20.9 Å². The highest BCUT2D eigenvalue weighted by Gasteiger charge is 2.60. The highest BCUT2D eigenvalue weighted by Crippen LogP contribution is 2.31. The Labute approximate surface area is 107 Å². The quantitative estimate of drug-likeness (QED) is 0.358. The lowest BCUT2D eigenvalue weighted by Crippen LogP contribution is -2.65. The molecule has 10 nitrogen and oxygen atoms in total. The molecule has 5 N–H and O–H groups in total. The maximum absolute atomic E-state index is 11.5. The number of amides is 4. The van der Waals surface area contributed by atoms with Crippen molar-refractivity contribution in [2.75, 3.05) is 0 Å². The lowest BCUT2D eigenvalue weighted by Gasteiger charge is -2.33. The Morgan fingerprint density at radius 1 is 1.21 bits per heavy atom. The van der Waals surface area contributed by atoms with Gasteiger partial charge in [-0.15, -0.1) is 0 Å². The molecule has 0 aromatic heterocycles. The summed E-state index contributed by atoms with van der Waals surface area (Å²) in [6, 6.07) is 0. The van der Waals surface area contributed by atoms with Crippen LogP contribution in [0.2, 0.25) is 0 Å². The van der Waals surface area contributed by atoms with Crippen LogP contribution in [-0.4, -0.2) is 46.4 Å². The van der Waals surface area contributed by atoms with Crippen LogP contribution in [0.1, 0.15) is 19.3 Å². The molecule has 1 fully saturated rings. The summed E-state index contributed by atoms with van der Waals surface area (Å²) >= 11 is 0. The number of primary amides is 2. The molecular formula is C8H11N3O7S.